The molecule has 0 radical (unpaired) electrons. The lowest BCUT2D eigenvalue weighted by molar-refractivity contribution is -0.318. The number of aliphatic hydroxyl groups is 3. The van der Waals surface area contributed by atoms with Crippen LogP contribution in [0.5, 0.6) is 0 Å². The second-order valence-corrected chi connectivity index (χ2v) is 19.1. The number of amides is 2. The van der Waals surface area contributed by atoms with Gasteiger partial charge in [-0.15, -0.1) is 0 Å². The van der Waals surface area contributed by atoms with Crippen LogP contribution in [0.15, 0.2) is 0 Å². The lowest BCUT2D eigenvalue weighted by Gasteiger charge is -2.49. The number of hydrogen-bond acceptors (Lipinski definition) is 16. The number of esters is 1. The van der Waals surface area contributed by atoms with Gasteiger partial charge in [0.15, 0.2) is 18.7 Å². The van der Waals surface area contributed by atoms with Crippen LogP contribution in [0.25, 0.3) is 0 Å². The lowest BCUT2D eigenvalue weighted by atomic mass is 9.77. The molecule has 3 heterocycles. The van der Waals surface area contributed by atoms with Crippen LogP contribution in [-0.2, 0) is 47.5 Å². The summed E-state index contributed by atoms with van der Waals surface area (Å²) in [6.07, 6.45) is -9.73. The molecular weight excluding hydrogens is 821 g/mol. The van der Waals surface area contributed by atoms with Crippen LogP contribution in [0.2, 0.25) is 0 Å². The number of hydrogen-bond donors (Lipinski definition) is 5. The molecule has 0 aromatic heterocycles. The number of nitrogens with zero attached hydrogens (tertiary/aromatic N) is 2. The van der Waals surface area contributed by atoms with E-state index >= 15 is 0 Å². The van der Waals surface area contributed by atoms with Gasteiger partial charge in [-0.1, -0.05) is 34.6 Å². The SMILES string of the molecule is CC[C@H]1OC(=O)[C@H](C)[C@@H](O[C@H]2C[C@@](C)(OC)[C@@H](OC(=O)NCCN(CC)CC)[C@H](C)O2)[C@H](C)[C@@H](O[C@@H]2O[C@H](C)C[C@H](N(C)C)[C@H]2O)[C@](C)(OC)C[C@@H](C)C(=O)N[C@H](C)[C@@H](O)[C@]1(C)O. The van der Waals surface area contributed by atoms with Crippen molar-refractivity contribution in [2.75, 3.05) is 54.5 Å². The topological polar surface area (TPSA) is 216 Å². The van der Waals surface area contributed by atoms with Crippen molar-refractivity contribution in [3.05, 3.63) is 0 Å². The Bertz CT molecular complexity index is 1460. The minimum atomic E-state index is -1.97. The molecule has 0 spiro atoms. The van der Waals surface area contributed by atoms with Gasteiger partial charge in [0, 0.05) is 51.6 Å². The van der Waals surface area contributed by atoms with Gasteiger partial charge in [0.2, 0.25) is 5.91 Å². The summed E-state index contributed by atoms with van der Waals surface area (Å²) in [5.41, 5.74) is -4.38. The molecule has 18 heteroatoms. The number of alkyl carbamates (subject to hydrolysis) is 1. The summed E-state index contributed by atoms with van der Waals surface area (Å²) in [6.45, 7) is 24.0. The zero-order chi connectivity index (χ0) is 47.8. The van der Waals surface area contributed by atoms with Crippen LogP contribution in [0, 0.1) is 17.8 Å². The minimum Gasteiger partial charge on any atom is -0.459 e. The van der Waals surface area contributed by atoms with Gasteiger partial charge in [-0.25, -0.2) is 4.79 Å². The van der Waals surface area contributed by atoms with Gasteiger partial charge in [0.05, 0.1) is 42.0 Å². The number of cyclic esters (lactones) is 1. The Hall–Kier alpha value is -2.23. The standard InChI is InChI=1S/C45H84N4O14/c1-17-32-45(12,55)36(51)29(8)47-39(52)25(4)23-43(10,56-15)37(62-41-34(50)31(48(13)14)22-26(5)58-41)27(6)35(28(7)40(53)60-32)61-33-24-44(11,57-16)38(30(9)59-33)63-42(54)46-20-21-49(18-2)19-3/h25-38,41,50-51,55H,17-24H2,1-16H3,(H,46,54)(H,47,52)/t25-,26-,27+,28-,29-,30+,31+,32-,33+,34-,35+,36-,37-,38+,41+,43-,44-,45-/m1/s1. The first-order valence-corrected chi connectivity index (χ1v) is 23.0. The van der Waals surface area contributed by atoms with Gasteiger partial charge in [-0.2, -0.15) is 0 Å². The average molecular weight is 905 g/mol. The molecule has 3 aliphatic heterocycles. The number of ether oxygens (including phenoxy) is 8. The molecule has 3 saturated heterocycles. The van der Waals surface area contributed by atoms with Gasteiger partial charge < -0.3 is 73.6 Å². The maximum absolute atomic E-state index is 14.5. The molecular formula is C45H84N4O14. The van der Waals surface area contributed by atoms with E-state index in [0.717, 1.165) is 13.1 Å². The van der Waals surface area contributed by atoms with E-state index in [2.05, 4.69) is 29.4 Å². The van der Waals surface area contributed by atoms with Crippen molar-refractivity contribution in [1.29, 1.82) is 0 Å². The van der Waals surface area contributed by atoms with Crippen LogP contribution in [-0.4, -0.2) is 188 Å². The fourth-order valence-electron chi connectivity index (χ4n) is 9.64. The Morgan fingerprint density at radius 3 is 2.06 bits per heavy atom. The fourth-order valence-corrected chi connectivity index (χ4v) is 9.64. The summed E-state index contributed by atoms with van der Waals surface area (Å²) in [5, 5.41) is 40.6. The fraction of sp³-hybridized carbons (Fsp3) is 0.933. The van der Waals surface area contributed by atoms with Crippen molar-refractivity contribution < 1.29 is 67.6 Å². The molecule has 0 aliphatic carbocycles. The first-order chi connectivity index (χ1) is 29.3. The molecule has 3 rings (SSSR count). The maximum Gasteiger partial charge on any atom is 0.407 e. The molecule has 0 saturated carbocycles. The van der Waals surface area contributed by atoms with E-state index in [9.17, 15) is 29.7 Å². The number of carbonyl (C=O) groups is 3. The molecule has 18 atom stereocenters. The Labute approximate surface area is 376 Å². The lowest BCUT2D eigenvalue weighted by Crippen LogP contribution is -2.61. The summed E-state index contributed by atoms with van der Waals surface area (Å²) < 4.78 is 50.9. The third kappa shape index (κ3) is 13.5. The van der Waals surface area contributed by atoms with Gasteiger partial charge in [-0.3, -0.25) is 9.59 Å². The van der Waals surface area contributed by atoms with E-state index in [1.807, 2.05) is 32.8 Å². The van der Waals surface area contributed by atoms with Crippen LogP contribution in [0.1, 0.15) is 109 Å². The molecule has 0 aromatic carbocycles. The van der Waals surface area contributed by atoms with E-state index in [1.165, 1.54) is 21.1 Å². The van der Waals surface area contributed by atoms with Crippen LogP contribution < -0.4 is 10.6 Å². The largest absolute Gasteiger partial charge is 0.459 e. The molecule has 3 aliphatic rings. The molecule has 5 N–H and O–H groups in total. The van der Waals surface area contributed by atoms with Crippen molar-refractivity contribution in [2.45, 2.75) is 199 Å². The van der Waals surface area contributed by atoms with Gasteiger partial charge >= 0.3 is 12.1 Å². The van der Waals surface area contributed by atoms with Crippen molar-refractivity contribution in [3.8, 4) is 0 Å². The molecule has 3 fully saturated rings. The summed E-state index contributed by atoms with van der Waals surface area (Å²) in [6, 6.07) is -1.26. The highest BCUT2D eigenvalue weighted by Gasteiger charge is 2.54. The third-order valence-electron chi connectivity index (χ3n) is 13.9. The summed E-state index contributed by atoms with van der Waals surface area (Å²) in [5.74, 6) is -3.73. The zero-order valence-electron chi connectivity index (χ0n) is 41.0. The predicted octanol–water partition coefficient (Wildman–Crippen LogP) is 2.81. The van der Waals surface area contributed by atoms with E-state index in [0.29, 0.717) is 19.5 Å². The Morgan fingerprint density at radius 1 is 0.905 bits per heavy atom. The summed E-state index contributed by atoms with van der Waals surface area (Å²) in [7, 11) is 6.77. The Morgan fingerprint density at radius 2 is 1.51 bits per heavy atom. The highest BCUT2D eigenvalue weighted by atomic mass is 16.7. The first kappa shape index (κ1) is 55.1. The van der Waals surface area contributed by atoms with Crippen molar-refractivity contribution in [2.24, 2.45) is 17.8 Å². The molecule has 2 amide bonds. The Balaban J connectivity index is 2.14. The monoisotopic (exact) mass is 905 g/mol. The highest BCUT2D eigenvalue weighted by molar-refractivity contribution is 5.78. The van der Waals surface area contributed by atoms with Crippen LogP contribution in [0.3, 0.4) is 0 Å². The van der Waals surface area contributed by atoms with Gasteiger partial charge in [0.25, 0.3) is 0 Å². The summed E-state index contributed by atoms with van der Waals surface area (Å²) >= 11 is 0. The Kier molecular flexibility index (Phi) is 20.5. The average Bonchev–Trinajstić information content (AvgIpc) is 3.23. The number of rotatable bonds is 14. The van der Waals surface area contributed by atoms with Crippen LogP contribution in [0.4, 0.5) is 4.79 Å². The molecule has 63 heavy (non-hydrogen) atoms. The van der Waals surface area contributed by atoms with Crippen molar-refractivity contribution in [1.82, 2.24) is 20.4 Å². The first-order valence-electron chi connectivity index (χ1n) is 23.0. The quantitative estimate of drug-likeness (QED) is 0.159. The minimum absolute atomic E-state index is 0.0728. The number of methoxy groups -OCH3 is 2. The second kappa shape index (κ2) is 23.5. The molecule has 0 bridgehead atoms. The number of likely N-dealkylation sites (N-methyl/N-ethyl adjacent to an activating group) is 2. The highest BCUT2D eigenvalue weighted by Crippen LogP contribution is 2.41. The smallest absolute Gasteiger partial charge is 0.407 e. The maximum atomic E-state index is 14.5. The number of carbonyl (C=O) groups excluding carboxylic acids is 3. The zero-order valence-corrected chi connectivity index (χ0v) is 41.0. The van der Waals surface area contributed by atoms with E-state index < -0.39 is 114 Å². The van der Waals surface area contributed by atoms with E-state index in [4.69, 9.17) is 37.9 Å². The van der Waals surface area contributed by atoms with Gasteiger partial charge in [-0.05, 0) is 94.9 Å². The number of aliphatic hydroxyl groups excluding tert-OH is 2. The second-order valence-electron chi connectivity index (χ2n) is 19.1. The molecule has 18 nitrogen and oxygen atoms in total. The van der Waals surface area contributed by atoms with Crippen LogP contribution >= 0.6 is 0 Å². The third-order valence-corrected chi connectivity index (χ3v) is 13.9. The predicted molar refractivity (Wildman–Crippen MR) is 235 cm³/mol. The molecule has 0 unspecified atom stereocenters. The van der Waals surface area contributed by atoms with Crippen molar-refractivity contribution >= 4 is 18.0 Å². The molecule has 368 valence electrons. The normalized spacial score (nSPS) is 42.5. The van der Waals surface area contributed by atoms with E-state index in [-0.39, 0.29) is 31.4 Å². The van der Waals surface area contributed by atoms with Gasteiger partial charge in [0.1, 0.15) is 29.5 Å². The molecule has 0 aromatic rings. The summed E-state index contributed by atoms with van der Waals surface area (Å²) in [4.78, 5) is 45.6. The van der Waals surface area contributed by atoms with E-state index in [1.54, 1.807) is 48.5 Å². The van der Waals surface area contributed by atoms with Crippen molar-refractivity contribution in [3.63, 3.8) is 0 Å². The number of nitrogens with one attached hydrogen (secondary N) is 2.